The molecule has 6 heteroatoms. The lowest BCUT2D eigenvalue weighted by Crippen LogP contribution is -2.43. The van der Waals surface area contributed by atoms with Crippen molar-refractivity contribution in [3.63, 3.8) is 0 Å². The van der Waals surface area contributed by atoms with Gasteiger partial charge in [0.05, 0.1) is 18.1 Å². The third kappa shape index (κ3) is 5.01. The summed E-state index contributed by atoms with van der Waals surface area (Å²) in [5.74, 6) is 2.03. The number of nitrogens with two attached hydrogens (primary N) is 1. The van der Waals surface area contributed by atoms with Gasteiger partial charge in [-0.25, -0.2) is 8.42 Å². The van der Waals surface area contributed by atoms with Crippen LogP contribution in [0.5, 0.6) is 0 Å². The molecular formula is C13H25N3O2S. The highest BCUT2D eigenvalue weighted by Crippen LogP contribution is 2.30. The van der Waals surface area contributed by atoms with Crippen molar-refractivity contribution in [1.29, 1.82) is 0 Å². The second-order valence-electron chi connectivity index (χ2n) is 5.99. The van der Waals surface area contributed by atoms with Crippen LogP contribution in [0.2, 0.25) is 0 Å². The highest BCUT2D eigenvalue weighted by Gasteiger charge is 2.27. The summed E-state index contributed by atoms with van der Waals surface area (Å²) in [6, 6.07) is 0. The summed E-state index contributed by atoms with van der Waals surface area (Å²) in [6.45, 7) is 4.38. The van der Waals surface area contributed by atoms with Crippen molar-refractivity contribution in [1.82, 2.24) is 4.90 Å². The number of sulfone groups is 1. The second-order valence-corrected chi connectivity index (χ2v) is 8.22. The second kappa shape index (κ2) is 6.11. The Labute approximate surface area is 116 Å². The summed E-state index contributed by atoms with van der Waals surface area (Å²) in [5, 5.41) is 0. The van der Waals surface area contributed by atoms with Gasteiger partial charge in [-0.05, 0) is 37.5 Å². The van der Waals surface area contributed by atoms with Crippen molar-refractivity contribution < 1.29 is 8.42 Å². The average Bonchev–Trinajstić information content (AvgIpc) is 3.11. The molecule has 2 N–H and O–H groups in total. The van der Waals surface area contributed by atoms with Crippen LogP contribution in [0.3, 0.4) is 0 Å². The Morgan fingerprint density at radius 3 is 2.74 bits per heavy atom. The van der Waals surface area contributed by atoms with Gasteiger partial charge >= 0.3 is 0 Å². The lowest BCUT2D eigenvalue weighted by molar-refractivity contribution is 0.270. The third-order valence-corrected chi connectivity index (χ3v) is 5.63. The molecule has 5 nitrogen and oxygen atoms in total. The van der Waals surface area contributed by atoms with E-state index in [-0.39, 0.29) is 5.75 Å². The fourth-order valence-electron chi connectivity index (χ4n) is 2.52. The molecular weight excluding hydrogens is 262 g/mol. The molecule has 110 valence electrons. The summed E-state index contributed by atoms with van der Waals surface area (Å²) in [7, 11) is -2.94. The van der Waals surface area contributed by atoms with Crippen LogP contribution >= 0.6 is 0 Å². The monoisotopic (exact) mass is 287 g/mol. The zero-order valence-electron chi connectivity index (χ0n) is 11.7. The quantitative estimate of drug-likeness (QED) is 0.601. The van der Waals surface area contributed by atoms with Crippen molar-refractivity contribution >= 4 is 15.8 Å². The standard InChI is InChI=1S/C13H25N3O2S/c1-11-3-2-7-16(9-11)13(14)15-6-8-19(17,18)10-12-4-5-12/h11-12H,2-10H2,1H3,(H2,14,15). The first-order valence-corrected chi connectivity index (χ1v) is 9.04. The Morgan fingerprint density at radius 2 is 2.11 bits per heavy atom. The van der Waals surface area contributed by atoms with E-state index in [0.29, 0.717) is 30.1 Å². The van der Waals surface area contributed by atoms with Crippen molar-refractivity contribution in [2.45, 2.75) is 32.6 Å². The Bertz CT molecular complexity index is 429. The van der Waals surface area contributed by atoms with Gasteiger partial charge in [0.2, 0.25) is 0 Å². The van der Waals surface area contributed by atoms with Crippen molar-refractivity contribution in [3.05, 3.63) is 0 Å². The number of piperidine rings is 1. The van der Waals surface area contributed by atoms with Crippen LogP contribution in [-0.2, 0) is 9.84 Å². The van der Waals surface area contributed by atoms with Gasteiger partial charge in [-0.2, -0.15) is 0 Å². The summed E-state index contributed by atoms with van der Waals surface area (Å²) in [5.41, 5.74) is 5.93. The number of hydrogen-bond acceptors (Lipinski definition) is 3. The molecule has 1 atom stereocenters. The number of likely N-dealkylation sites (tertiary alicyclic amines) is 1. The molecule has 0 radical (unpaired) electrons. The molecule has 0 spiro atoms. The molecule has 1 saturated carbocycles. The molecule has 2 rings (SSSR count). The van der Waals surface area contributed by atoms with E-state index in [0.717, 1.165) is 32.4 Å². The van der Waals surface area contributed by atoms with Gasteiger partial charge in [0.15, 0.2) is 15.8 Å². The van der Waals surface area contributed by atoms with Crippen LogP contribution in [0.1, 0.15) is 32.6 Å². The topological polar surface area (TPSA) is 75.8 Å². The van der Waals surface area contributed by atoms with Crippen LogP contribution < -0.4 is 5.73 Å². The van der Waals surface area contributed by atoms with E-state index in [2.05, 4.69) is 16.8 Å². The van der Waals surface area contributed by atoms with E-state index in [4.69, 9.17) is 5.73 Å². The Balaban J connectivity index is 1.77. The minimum Gasteiger partial charge on any atom is -0.370 e. The van der Waals surface area contributed by atoms with Crippen molar-refractivity contribution in [3.8, 4) is 0 Å². The minimum atomic E-state index is -2.94. The first-order chi connectivity index (χ1) is 8.96. The lowest BCUT2D eigenvalue weighted by atomic mass is 10.0. The number of nitrogens with zero attached hydrogens (tertiary/aromatic N) is 2. The lowest BCUT2D eigenvalue weighted by Gasteiger charge is -2.31. The molecule has 1 unspecified atom stereocenters. The molecule has 1 saturated heterocycles. The van der Waals surface area contributed by atoms with Crippen molar-refractivity contribution in [2.75, 3.05) is 31.1 Å². The zero-order valence-corrected chi connectivity index (χ0v) is 12.5. The summed E-state index contributed by atoms with van der Waals surface area (Å²) < 4.78 is 23.5. The number of rotatable bonds is 5. The Hall–Kier alpha value is -0.780. The fraction of sp³-hybridized carbons (Fsp3) is 0.923. The molecule has 0 aromatic heterocycles. The van der Waals surface area contributed by atoms with Crippen LogP contribution in [0.15, 0.2) is 4.99 Å². The molecule has 2 fully saturated rings. The van der Waals surface area contributed by atoms with Crippen LogP contribution in [0, 0.1) is 11.8 Å². The first kappa shape index (κ1) is 14.6. The highest BCUT2D eigenvalue weighted by atomic mass is 32.2. The Kier molecular flexibility index (Phi) is 4.71. The van der Waals surface area contributed by atoms with Crippen LogP contribution in [0.25, 0.3) is 0 Å². The van der Waals surface area contributed by atoms with Gasteiger partial charge in [-0.1, -0.05) is 6.92 Å². The van der Waals surface area contributed by atoms with E-state index >= 15 is 0 Å². The van der Waals surface area contributed by atoms with E-state index in [9.17, 15) is 8.42 Å². The highest BCUT2D eigenvalue weighted by molar-refractivity contribution is 7.91. The van der Waals surface area contributed by atoms with Crippen molar-refractivity contribution in [2.24, 2.45) is 22.6 Å². The van der Waals surface area contributed by atoms with Crippen LogP contribution in [-0.4, -0.2) is 50.4 Å². The molecule has 0 bridgehead atoms. The number of guanidine groups is 1. The third-order valence-electron chi connectivity index (χ3n) is 3.84. The predicted molar refractivity (Wildman–Crippen MR) is 77.8 cm³/mol. The van der Waals surface area contributed by atoms with Gasteiger partial charge in [-0.15, -0.1) is 0 Å². The summed E-state index contributed by atoms with van der Waals surface area (Å²) in [4.78, 5) is 6.31. The maximum absolute atomic E-state index is 11.8. The van der Waals surface area contributed by atoms with E-state index in [1.807, 2.05) is 0 Å². The largest absolute Gasteiger partial charge is 0.370 e. The molecule has 1 aliphatic carbocycles. The number of aliphatic imine (C=N–C) groups is 1. The summed E-state index contributed by atoms with van der Waals surface area (Å²) >= 11 is 0. The van der Waals surface area contributed by atoms with Gasteiger partial charge < -0.3 is 10.6 Å². The van der Waals surface area contributed by atoms with Gasteiger partial charge in [-0.3, -0.25) is 4.99 Å². The van der Waals surface area contributed by atoms with Gasteiger partial charge in [0.25, 0.3) is 0 Å². The molecule has 19 heavy (non-hydrogen) atoms. The normalized spacial score (nSPS) is 25.6. The fourth-order valence-corrected chi connectivity index (χ4v) is 4.11. The molecule has 0 aromatic rings. The smallest absolute Gasteiger partial charge is 0.191 e. The first-order valence-electron chi connectivity index (χ1n) is 7.21. The predicted octanol–water partition coefficient (Wildman–Crippen LogP) is 0.858. The number of hydrogen-bond donors (Lipinski definition) is 1. The minimum absolute atomic E-state index is 0.133. The molecule has 0 aromatic carbocycles. The van der Waals surface area contributed by atoms with E-state index in [1.165, 1.54) is 6.42 Å². The SMILES string of the molecule is CC1CCCN(C(N)=NCCS(=O)(=O)CC2CC2)C1. The van der Waals surface area contributed by atoms with E-state index < -0.39 is 9.84 Å². The molecule has 1 heterocycles. The maximum Gasteiger partial charge on any atom is 0.191 e. The Morgan fingerprint density at radius 1 is 1.37 bits per heavy atom. The summed E-state index contributed by atoms with van der Waals surface area (Å²) in [6.07, 6.45) is 4.50. The molecule has 1 aliphatic heterocycles. The van der Waals surface area contributed by atoms with Gasteiger partial charge in [0, 0.05) is 13.1 Å². The maximum atomic E-state index is 11.8. The van der Waals surface area contributed by atoms with E-state index in [1.54, 1.807) is 0 Å². The molecule has 0 amide bonds. The van der Waals surface area contributed by atoms with Gasteiger partial charge in [0.1, 0.15) is 0 Å². The average molecular weight is 287 g/mol. The zero-order chi connectivity index (χ0) is 13.9. The van der Waals surface area contributed by atoms with Crippen LogP contribution in [0.4, 0.5) is 0 Å². The molecule has 2 aliphatic rings.